The first-order chi connectivity index (χ1) is 13.7. The van der Waals surface area contributed by atoms with Crippen LogP contribution in [0.25, 0.3) is 0 Å². The lowest BCUT2D eigenvalue weighted by Crippen LogP contribution is -2.37. The molecule has 29 heavy (non-hydrogen) atoms. The zero-order valence-corrected chi connectivity index (χ0v) is 15.7. The van der Waals surface area contributed by atoms with Crippen LogP contribution in [0, 0.1) is 5.41 Å². The van der Waals surface area contributed by atoms with E-state index < -0.39 is 29.5 Å². The quantitative estimate of drug-likeness (QED) is 0.626. The number of carbonyl (C=O) groups excluding carboxylic acids is 1. The van der Waals surface area contributed by atoms with Crippen molar-refractivity contribution in [2.45, 2.75) is 43.9 Å². The first kappa shape index (κ1) is 21.1. The van der Waals surface area contributed by atoms with Gasteiger partial charge in [0.2, 0.25) is 5.91 Å². The smallest absolute Gasteiger partial charge is 0.395 e. The average molecular weight is 408 g/mol. The van der Waals surface area contributed by atoms with Crippen molar-refractivity contribution in [3.63, 3.8) is 0 Å². The van der Waals surface area contributed by atoms with Crippen LogP contribution < -0.4 is 5.32 Å². The summed E-state index contributed by atoms with van der Waals surface area (Å²) in [5.74, 6) is -1.41. The van der Waals surface area contributed by atoms with Crippen molar-refractivity contribution in [1.82, 2.24) is 10.3 Å². The van der Waals surface area contributed by atoms with Crippen LogP contribution in [-0.4, -0.2) is 39.9 Å². The summed E-state index contributed by atoms with van der Waals surface area (Å²) in [6.45, 7) is -0.0677. The van der Waals surface area contributed by atoms with Gasteiger partial charge in [-0.1, -0.05) is 12.1 Å². The number of amides is 1. The molecule has 1 aliphatic carbocycles. The highest BCUT2D eigenvalue weighted by Gasteiger charge is 2.67. The number of pyridine rings is 1. The van der Waals surface area contributed by atoms with E-state index in [1.165, 1.54) is 36.7 Å². The van der Waals surface area contributed by atoms with Crippen molar-refractivity contribution in [1.29, 1.82) is 0 Å². The Labute approximate surface area is 166 Å². The van der Waals surface area contributed by atoms with Crippen molar-refractivity contribution in [2.75, 3.05) is 6.54 Å². The molecule has 3 N–H and O–H groups in total. The number of phenolic OH excluding ortho intramolecular Hbond substituents is 1. The second-order valence-electron chi connectivity index (χ2n) is 7.52. The van der Waals surface area contributed by atoms with E-state index in [2.05, 4.69) is 10.3 Å². The molecule has 1 aliphatic rings. The van der Waals surface area contributed by atoms with E-state index in [1.54, 1.807) is 12.1 Å². The molecule has 0 radical (unpaired) electrons. The Bertz CT molecular complexity index is 821. The van der Waals surface area contributed by atoms with Crippen LogP contribution in [0.2, 0.25) is 0 Å². The number of phenols is 1. The molecule has 1 aromatic heterocycles. The third kappa shape index (κ3) is 5.06. The summed E-state index contributed by atoms with van der Waals surface area (Å²) in [5, 5.41) is 21.9. The van der Waals surface area contributed by atoms with E-state index in [-0.39, 0.29) is 38.0 Å². The highest BCUT2D eigenvalue weighted by Crippen LogP contribution is 2.66. The number of nitrogens with zero attached hydrogens (tertiary/aromatic N) is 1. The maximum atomic E-state index is 13.7. The first-order valence-corrected chi connectivity index (χ1v) is 9.40. The number of rotatable bonds is 8. The number of hydrogen-bond donors (Lipinski definition) is 3. The van der Waals surface area contributed by atoms with Gasteiger partial charge < -0.3 is 15.5 Å². The molecule has 156 valence electrons. The maximum absolute atomic E-state index is 13.7. The Balaban J connectivity index is 1.61. The molecule has 0 bridgehead atoms. The van der Waals surface area contributed by atoms with Gasteiger partial charge in [-0.15, -0.1) is 0 Å². The summed E-state index contributed by atoms with van der Waals surface area (Å²) in [4.78, 5) is 16.2. The van der Waals surface area contributed by atoms with Crippen LogP contribution in [0.3, 0.4) is 0 Å². The molecule has 5 nitrogen and oxygen atoms in total. The largest absolute Gasteiger partial charge is 0.508 e. The molecule has 1 saturated carbocycles. The van der Waals surface area contributed by atoms with Gasteiger partial charge in [-0.05, 0) is 48.2 Å². The van der Waals surface area contributed by atoms with Gasteiger partial charge in [-0.2, -0.15) is 13.2 Å². The first-order valence-electron chi connectivity index (χ1n) is 9.40. The molecule has 0 aliphatic heterocycles. The van der Waals surface area contributed by atoms with Crippen molar-refractivity contribution in [2.24, 2.45) is 5.41 Å². The van der Waals surface area contributed by atoms with Crippen LogP contribution in [0.4, 0.5) is 13.2 Å². The Morgan fingerprint density at radius 2 is 1.76 bits per heavy atom. The number of aromatic nitrogens is 1. The number of halogens is 3. The van der Waals surface area contributed by atoms with Crippen molar-refractivity contribution in [3.8, 4) is 5.75 Å². The van der Waals surface area contributed by atoms with Crippen molar-refractivity contribution in [3.05, 3.63) is 59.9 Å². The van der Waals surface area contributed by atoms with Crippen LogP contribution in [0.1, 0.15) is 36.3 Å². The second-order valence-corrected chi connectivity index (χ2v) is 7.52. The molecular formula is C21H23F3N2O3. The standard InChI is InChI=1S/C21H23F3N2O3/c22-21(23,24)20(7-8-20)18(15-5-9-25-10-6-15)12-19(29)26-13-17(28)11-14-1-3-16(27)4-2-14/h1-6,9-10,17-18,27-28H,7-8,11-13H2,(H,26,29)/t17-,18?/m0/s1. The molecule has 2 atom stereocenters. The highest BCUT2D eigenvalue weighted by atomic mass is 19.4. The lowest BCUT2D eigenvalue weighted by atomic mass is 9.80. The van der Waals surface area contributed by atoms with Gasteiger partial charge in [0.15, 0.2) is 0 Å². The highest BCUT2D eigenvalue weighted by molar-refractivity contribution is 5.77. The number of benzene rings is 1. The molecule has 1 amide bonds. The van der Waals surface area contributed by atoms with Crippen LogP contribution in [-0.2, 0) is 11.2 Å². The monoisotopic (exact) mass is 408 g/mol. The van der Waals surface area contributed by atoms with E-state index in [9.17, 15) is 28.2 Å². The molecular weight excluding hydrogens is 385 g/mol. The van der Waals surface area contributed by atoms with Gasteiger partial charge in [0, 0.05) is 37.7 Å². The number of hydrogen-bond acceptors (Lipinski definition) is 4. The Hall–Kier alpha value is -2.61. The number of aliphatic hydroxyl groups is 1. The molecule has 1 unspecified atom stereocenters. The van der Waals surface area contributed by atoms with Gasteiger partial charge in [-0.25, -0.2) is 0 Å². The Kier molecular flexibility index (Phi) is 6.12. The molecule has 3 rings (SSSR count). The summed E-state index contributed by atoms with van der Waals surface area (Å²) in [6, 6.07) is 9.32. The summed E-state index contributed by atoms with van der Waals surface area (Å²) in [5.41, 5.74) is -0.668. The minimum atomic E-state index is -4.39. The fourth-order valence-corrected chi connectivity index (χ4v) is 3.66. The SMILES string of the molecule is O=C(CC(c1ccncc1)C1(C(F)(F)F)CC1)NC[C@@H](O)Cc1ccc(O)cc1. The van der Waals surface area contributed by atoms with E-state index in [0.29, 0.717) is 5.56 Å². The minimum absolute atomic E-state index is 0.000245. The predicted octanol–water partition coefficient (Wildman–Crippen LogP) is 3.32. The summed E-state index contributed by atoms with van der Waals surface area (Å²) in [7, 11) is 0. The Morgan fingerprint density at radius 1 is 1.14 bits per heavy atom. The van der Waals surface area contributed by atoms with Gasteiger partial charge in [0.05, 0.1) is 11.5 Å². The molecule has 0 saturated heterocycles. The lowest BCUT2D eigenvalue weighted by molar-refractivity contribution is -0.194. The van der Waals surface area contributed by atoms with Gasteiger partial charge >= 0.3 is 6.18 Å². The van der Waals surface area contributed by atoms with Gasteiger partial charge in [0.25, 0.3) is 0 Å². The average Bonchev–Trinajstić information content (AvgIpc) is 3.49. The topological polar surface area (TPSA) is 82.5 Å². The van der Waals surface area contributed by atoms with Crippen molar-refractivity contribution >= 4 is 5.91 Å². The zero-order valence-electron chi connectivity index (χ0n) is 15.7. The van der Waals surface area contributed by atoms with Crippen LogP contribution >= 0.6 is 0 Å². The normalized spacial score (nSPS) is 17.4. The van der Waals surface area contributed by atoms with Gasteiger partial charge in [0.1, 0.15) is 5.75 Å². The maximum Gasteiger partial charge on any atom is 0.395 e. The molecule has 1 heterocycles. The number of carbonyl (C=O) groups is 1. The van der Waals surface area contributed by atoms with E-state index in [0.717, 1.165) is 5.56 Å². The third-order valence-corrected chi connectivity index (χ3v) is 5.46. The fourth-order valence-electron chi connectivity index (χ4n) is 3.66. The van der Waals surface area contributed by atoms with E-state index >= 15 is 0 Å². The molecule has 0 spiro atoms. The van der Waals surface area contributed by atoms with Crippen molar-refractivity contribution < 1.29 is 28.2 Å². The number of aliphatic hydroxyl groups excluding tert-OH is 1. The van der Waals surface area contributed by atoms with Crippen LogP contribution in [0.5, 0.6) is 5.75 Å². The van der Waals surface area contributed by atoms with Gasteiger partial charge in [-0.3, -0.25) is 9.78 Å². The summed E-state index contributed by atoms with van der Waals surface area (Å²) >= 11 is 0. The third-order valence-electron chi connectivity index (χ3n) is 5.46. The molecule has 1 aromatic carbocycles. The van der Waals surface area contributed by atoms with Crippen LogP contribution in [0.15, 0.2) is 48.8 Å². The number of aromatic hydroxyl groups is 1. The zero-order chi connectivity index (χ0) is 21.1. The van der Waals surface area contributed by atoms with E-state index in [4.69, 9.17) is 0 Å². The number of nitrogens with one attached hydrogen (secondary N) is 1. The molecule has 8 heteroatoms. The number of alkyl halides is 3. The predicted molar refractivity (Wildman–Crippen MR) is 100 cm³/mol. The summed E-state index contributed by atoms with van der Waals surface area (Å²) < 4.78 is 41.0. The Morgan fingerprint density at radius 3 is 2.31 bits per heavy atom. The summed E-state index contributed by atoms with van der Waals surface area (Å²) in [6.07, 6.45) is -2.49. The lowest BCUT2D eigenvalue weighted by Gasteiger charge is -2.29. The van der Waals surface area contributed by atoms with E-state index in [1.807, 2.05) is 0 Å². The molecule has 2 aromatic rings. The minimum Gasteiger partial charge on any atom is -0.508 e. The fraction of sp³-hybridized carbons (Fsp3) is 0.429. The molecule has 1 fully saturated rings. The second kappa shape index (κ2) is 8.41.